The summed E-state index contributed by atoms with van der Waals surface area (Å²) in [6.07, 6.45) is 1.61. The SMILES string of the molecule is CC(C)n1c(C(=O)[O-])nc2cccnc21.[Li+]. The van der Waals surface area contributed by atoms with E-state index in [-0.39, 0.29) is 30.7 Å². The van der Waals surface area contributed by atoms with Crippen LogP contribution in [0.3, 0.4) is 0 Å². The third-order valence-electron chi connectivity index (χ3n) is 2.15. The third-order valence-corrected chi connectivity index (χ3v) is 2.15. The summed E-state index contributed by atoms with van der Waals surface area (Å²) in [7, 11) is 0. The third kappa shape index (κ3) is 1.97. The van der Waals surface area contributed by atoms with Crippen molar-refractivity contribution in [1.82, 2.24) is 14.5 Å². The quantitative estimate of drug-likeness (QED) is 0.510. The molecule has 78 valence electrons. The van der Waals surface area contributed by atoms with Gasteiger partial charge in [-0.25, -0.2) is 9.97 Å². The van der Waals surface area contributed by atoms with Gasteiger partial charge in [0.25, 0.3) is 0 Å². The van der Waals surface area contributed by atoms with Crippen molar-refractivity contribution >= 4 is 17.1 Å². The molecule has 0 saturated heterocycles. The van der Waals surface area contributed by atoms with Crippen molar-refractivity contribution in [2.24, 2.45) is 0 Å². The topological polar surface area (TPSA) is 70.8 Å². The van der Waals surface area contributed by atoms with E-state index >= 15 is 0 Å². The summed E-state index contributed by atoms with van der Waals surface area (Å²) in [5.41, 5.74) is 1.15. The predicted molar refractivity (Wildman–Crippen MR) is 52.2 cm³/mol. The van der Waals surface area contributed by atoms with Crippen molar-refractivity contribution in [3.63, 3.8) is 0 Å². The van der Waals surface area contributed by atoms with Crippen LogP contribution < -0.4 is 24.0 Å². The molecule has 0 spiro atoms. The number of pyridine rings is 1. The van der Waals surface area contributed by atoms with E-state index in [9.17, 15) is 9.90 Å². The van der Waals surface area contributed by atoms with E-state index in [2.05, 4.69) is 9.97 Å². The maximum atomic E-state index is 10.9. The fraction of sp³-hybridized carbons (Fsp3) is 0.300. The summed E-state index contributed by atoms with van der Waals surface area (Å²) >= 11 is 0. The van der Waals surface area contributed by atoms with Crippen molar-refractivity contribution in [1.29, 1.82) is 0 Å². The zero-order valence-electron chi connectivity index (χ0n) is 9.47. The number of hydrogen-bond acceptors (Lipinski definition) is 4. The Morgan fingerprint density at radius 3 is 2.75 bits per heavy atom. The van der Waals surface area contributed by atoms with Crippen LogP contribution in [-0.4, -0.2) is 20.5 Å². The van der Waals surface area contributed by atoms with Crippen molar-refractivity contribution < 1.29 is 28.8 Å². The maximum Gasteiger partial charge on any atom is 1.00 e. The van der Waals surface area contributed by atoms with E-state index in [1.807, 2.05) is 13.8 Å². The molecule has 0 aliphatic heterocycles. The molecule has 0 unspecified atom stereocenters. The van der Waals surface area contributed by atoms with Crippen molar-refractivity contribution in [2.45, 2.75) is 19.9 Å². The molecule has 0 aliphatic rings. The molecule has 0 aliphatic carbocycles. The van der Waals surface area contributed by atoms with Gasteiger partial charge in [-0.1, -0.05) is 0 Å². The van der Waals surface area contributed by atoms with Crippen LogP contribution in [0.25, 0.3) is 11.2 Å². The van der Waals surface area contributed by atoms with E-state index in [1.54, 1.807) is 22.9 Å². The minimum atomic E-state index is -1.28. The van der Waals surface area contributed by atoms with Gasteiger partial charge in [0.05, 0.1) is 0 Å². The summed E-state index contributed by atoms with van der Waals surface area (Å²) in [4.78, 5) is 19.0. The summed E-state index contributed by atoms with van der Waals surface area (Å²) in [5.74, 6) is -1.35. The van der Waals surface area contributed by atoms with Crippen molar-refractivity contribution in [2.75, 3.05) is 0 Å². The van der Waals surface area contributed by atoms with Crippen LogP contribution in [0.1, 0.15) is 30.5 Å². The molecule has 0 saturated carbocycles. The molecule has 6 heteroatoms. The van der Waals surface area contributed by atoms with E-state index in [4.69, 9.17) is 0 Å². The van der Waals surface area contributed by atoms with Gasteiger partial charge in [0, 0.05) is 12.2 Å². The fourth-order valence-electron chi connectivity index (χ4n) is 1.56. The second kappa shape index (κ2) is 4.68. The van der Waals surface area contributed by atoms with Crippen LogP contribution in [0.5, 0.6) is 0 Å². The summed E-state index contributed by atoms with van der Waals surface area (Å²) in [6, 6.07) is 3.44. The van der Waals surface area contributed by atoms with Gasteiger partial charge in [0.2, 0.25) is 0 Å². The molecule has 0 amide bonds. The monoisotopic (exact) mass is 211 g/mol. The number of nitrogens with zero attached hydrogens (tertiary/aromatic N) is 3. The fourth-order valence-corrected chi connectivity index (χ4v) is 1.56. The largest absolute Gasteiger partial charge is 1.00 e. The molecule has 2 aromatic heterocycles. The average molecular weight is 211 g/mol. The Morgan fingerprint density at radius 2 is 2.19 bits per heavy atom. The van der Waals surface area contributed by atoms with Crippen LogP contribution in [0.2, 0.25) is 0 Å². The molecule has 0 aromatic carbocycles. The summed E-state index contributed by atoms with van der Waals surface area (Å²) < 4.78 is 1.56. The number of imidazole rings is 1. The Morgan fingerprint density at radius 1 is 1.50 bits per heavy atom. The first-order chi connectivity index (χ1) is 7.11. The zero-order valence-corrected chi connectivity index (χ0v) is 9.47. The molecule has 2 aromatic rings. The summed E-state index contributed by atoms with van der Waals surface area (Å²) in [6.45, 7) is 3.75. The molecule has 0 N–H and O–H groups in total. The van der Waals surface area contributed by atoms with Crippen molar-refractivity contribution in [3.05, 3.63) is 24.2 Å². The first-order valence-electron chi connectivity index (χ1n) is 4.65. The van der Waals surface area contributed by atoms with Crippen LogP contribution >= 0.6 is 0 Å². The number of aromatic nitrogens is 3. The number of carbonyl (C=O) groups is 1. The Labute approximate surface area is 105 Å². The smallest absolute Gasteiger partial charge is 0.542 e. The first-order valence-corrected chi connectivity index (χ1v) is 4.65. The summed E-state index contributed by atoms with van der Waals surface area (Å²) in [5, 5.41) is 10.9. The molecule has 0 atom stereocenters. The van der Waals surface area contributed by atoms with E-state index in [1.165, 1.54) is 0 Å². The number of rotatable bonds is 2. The number of fused-ring (bicyclic) bond motifs is 1. The number of hydrogen-bond donors (Lipinski definition) is 0. The van der Waals surface area contributed by atoms with Crippen molar-refractivity contribution in [3.8, 4) is 0 Å². The first kappa shape index (κ1) is 12.8. The molecular weight excluding hydrogens is 201 g/mol. The van der Waals surface area contributed by atoms with Gasteiger partial charge >= 0.3 is 18.9 Å². The molecular formula is C10H10LiN3O2. The zero-order chi connectivity index (χ0) is 11.0. The van der Waals surface area contributed by atoms with Crippen LogP contribution in [-0.2, 0) is 0 Å². The van der Waals surface area contributed by atoms with Gasteiger partial charge in [-0.2, -0.15) is 0 Å². The Bertz CT molecular complexity index is 522. The Kier molecular flexibility index (Phi) is 3.73. The van der Waals surface area contributed by atoms with Gasteiger partial charge in [0.15, 0.2) is 11.5 Å². The standard InChI is InChI=1S/C10H11N3O2.Li/c1-6(2)13-8-7(4-3-5-11-8)12-9(13)10(14)15;/h3-6H,1-2H3,(H,14,15);/q;+1/p-1. The van der Waals surface area contributed by atoms with Gasteiger partial charge in [0.1, 0.15) is 11.5 Å². The molecule has 2 heterocycles. The van der Waals surface area contributed by atoms with E-state index < -0.39 is 5.97 Å². The normalized spacial score (nSPS) is 10.4. The molecule has 2 rings (SSSR count). The molecule has 16 heavy (non-hydrogen) atoms. The Hall–Kier alpha value is -1.31. The van der Waals surface area contributed by atoms with Gasteiger partial charge < -0.3 is 14.5 Å². The number of carbonyl (C=O) groups excluding carboxylic acids is 1. The van der Waals surface area contributed by atoms with Crippen LogP contribution in [0.4, 0.5) is 0 Å². The van der Waals surface area contributed by atoms with Crippen LogP contribution in [0.15, 0.2) is 18.3 Å². The Balaban J connectivity index is 0.00000128. The minimum Gasteiger partial charge on any atom is -0.542 e. The number of carboxylic acid groups (broad SMARTS) is 1. The second-order valence-electron chi connectivity index (χ2n) is 3.53. The average Bonchev–Trinajstić information content (AvgIpc) is 2.56. The van der Waals surface area contributed by atoms with Gasteiger partial charge in [-0.15, -0.1) is 0 Å². The van der Waals surface area contributed by atoms with Gasteiger partial charge in [-0.3, -0.25) is 0 Å². The number of aromatic carboxylic acids is 1. The molecule has 0 radical (unpaired) electrons. The second-order valence-corrected chi connectivity index (χ2v) is 3.53. The molecule has 0 bridgehead atoms. The minimum absolute atomic E-state index is 0. The molecule has 0 fully saturated rings. The maximum absolute atomic E-state index is 10.9. The number of carboxylic acids is 1. The van der Waals surface area contributed by atoms with E-state index in [0.29, 0.717) is 11.2 Å². The van der Waals surface area contributed by atoms with E-state index in [0.717, 1.165) is 0 Å². The molecule has 5 nitrogen and oxygen atoms in total. The predicted octanol–water partition coefficient (Wildman–Crippen LogP) is -2.62. The van der Waals surface area contributed by atoms with Crippen LogP contribution in [0, 0.1) is 0 Å². The van der Waals surface area contributed by atoms with Gasteiger partial charge in [-0.05, 0) is 26.0 Å².